The van der Waals surface area contributed by atoms with Crippen LogP contribution >= 0.6 is 12.8 Å². The number of unbranched alkanes of at least 4 members (excludes halogenated alkanes) is 14. The van der Waals surface area contributed by atoms with Gasteiger partial charge in [0.2, 0.25) is 0 Å². The number of hydrogen-bond donors (Lipinski definition) is 1. The van der Waals surface area contributed by atoms with E-state index in [4.69, 9.17) is 0 Å². The Kier molecular flexibility index (Phi) is 16.4. The average molecular weight is 331 g/mol. The van der Waals surface area contributed by atoms with Crippen LogP contribution in [0.3, 0.4) is 0 Å². The van der Waals surface area contributed by atoms with Crippen molar-refractivity contribution in [1.29, 1.82) is 0 Å². The first-order chi connectivity index (χ1) is 10.6. The van der Waals surface area contributed by atoms with E-state index < -0.39 is 0 Å². The Balaban J connectivity index is 3.06. The summed E-state index contributed by atoms with van der Waals surface area (Å²) >= 11 is 4.65. The minimum absolute atomic E-state index is 0.887. The first-order valence-corrected chi connectivity index (χ1v) is 10.6. The predicted molar refractivity (Wildman–Crippen MR) is 106 cm³/mol. The molecule has 1 unspecified atom stereocenters. The monoisotopic (exact) mass is 330 g/mol. The highest BCUT2D eigenvalue weighted by Gasteiger charge is 2.12. The Labute approximate surface area is 147 Å². The van der Waals surface area contributed by atoms with Gasteiger partial charge in [0.15, 0.2) is 0 Å². The molecule has 22 heavy (non-hydrogen) atoms. The first-order valence-electron chi connectivity index (χ1n) is 10.2. The van der Waals surface area contributed by atoms with Gasteiger partial charge in [-0.15, -0.1) is 0 Å². The van der Waals surface area contributed by atoms with E-state index in [0.29, 0.717) is 0 Å². The van der Waals surface area contributed by atoms with E-state index in [9.17, 15) is 0 Å². The molecule has 0 N–H and O–H groups in total. The molecule has 0 rings (SSSR count). The van der Waals surface area contributed by atoms with Crippen LogP contribution in [0.4, 0.5) is 0 Å². The van der Waals surface area contributed by atoms with Gasteiger partial charge in [-0.25, -0.2) is 0 Å². The van der Waals surface area contributed by atoms with Gasteiger partial charge in [-0.2, -0.15) is 0 Å². The Morgan fingerprint density at radius 1 is 0.545 bits per heavy atom. The van der Waals surface area contributed by atoms with Crippen LogP contribution in [0.15, 0.2) is 0 Å². The minimum atomic E-state index is 0.887. The molecule has 0 saturated heterocycles. The van der Waals surface area contributed by atoms with Gasteiger partial charge in [-0.1, -0.05) is 90.4 Å². The molecule has 0 aliphatic heterocycles. The summed E-state index contributed by atoms with van der Waals surface area (Å²) in [5.74, 6) is 0. The maximum absolute atomic E-state index is 4.65. The lowest BCUT2D eigenvalue weighted by molar-refractivity contribution is -0.768. The largest absolute Gasteiger partial charge is 0.267 e. The van der Waals surface area contributed by atoms with Crippen molar-refractivity contribution in [2.45, 2.75) is 110 Å². The fraction of sp³-hybridized carbons (Fsp3) is 1.00. The highest BCUT2D eigenvalue weighted by atomic mass is 32.1. The van der Waals surface area contributed by atoms with Crippen molar-refractivity contribution in [3.63, 3.8) is 0 Å². The third-order valence-corrected chi connectivity index (χ3v) is 5.41. The van der Waals surface area contributed by atoms with Crippen molar-refractivity contribution >= 4 is 12.8 Å². The van der Waals surface area contributed by atoms with Crippen LogP contribution in [0, 0.1) is 0 Å². The van der Waals surface area contributed by atoms with Gasteiger partial charge in [0.1, 0.15) is 0 Å². The summed E-state index contributed by atoms with van der Waals surface area (Å²) in [6.45, 7) is 6.86. The van der Waals surface area contributed by atoms with Crippen molar-refractivity contribution in [2.24, 2.45) is 0 Å². The van der Waals surface area contributed by atoms with Crippen molar-refractivity contribution in [3.05, 3.63) is 0 Å². The van der Waals surface area contributed by atoms with Crippen molar-refractivity contribution in [2.75, 3.05) is 20.1 Å². The number of thiol groups is 1. The molecule has 134 valence electrons. The lowest BCUT2D eigenvalue weighted by atomic mass is 10.0. The predicted octanol–water partition coefficient (Wildman–Crippen LogP) is 7.17. The van der Waals surface area contributed by atoms with E-state index in [1.807, 2.05) is 0 Å². The van der Waals surface area contributed by atoms with E-state index in [2.05, 4.69) is 33.7 Å². The molecule has 2 heteroatoms. The number of quaternary nitrogens is 1. The van der Waals surface area contributed by atoms with Crippen LogP contribution < -0.4 is 0 Å². The summed E-state index contributed by atoms with van der Waals surface area (Å²) in [4.78, 5) is 0. The fourth-order valence-electron chi connectivity index (χ4n) is 2.98. The summed E-state index contributed by atoms with van der Waals surface area (Å²) < 4.78 is 0.887. The lowest BCUT2D eigenvalue weighted by Gasteiger charge is -2.25. The van der Waals surface area contributed by atoms with Crippen LogP contribution in [0.25, 0.3) is 0 Å². The molecule has 0 aliphatic rings. The molecule has 0 aliphatic carbocycles. The van der Waals surface area contributed by atoms with Gasteiger partial charge >= 0.3 is 0 Å². The molecule has 0 saturated carbocycles. The molecule has 0 radical (unpaired) electrons. The van der Waals surface area contributed by atoms with Crippen LogP contribution in [0.2, 0.25) is 0 Å². The third kappa shape index (κ3) is 16.7. The number of hydrogen-bond acceptors (Lipinski definition) is 1. The van der Waals surface area contributed by atoms with Gasteiger partial charge in [-0.3, -0.25) is 3.89 Å². The standard InChI is InChI=1S/C20H44NS/c1-4-6-7-8-9-10-11-12-13-14-15-16-17-18-19-20-21(3,22)5-2/h22H,4-20H2,1-3H3/q+1. The van der Waals surface area contributed by atoms with Gasteiger partial charge in [0.25, 0.3) is 0 Å². The highest BCUT2D eigenvalue weighted by Crippen LogP contribution is 2.14. The summed E-state index contributed by atoms with van der Waals surface area (Å²) in [5, 5.41) is 0. The zero-order chi connectivity index (χ0) is 16.5. The number of nitrogens with zero attached hydrogens (tertiary/aromatic N) is 1. The SMILES string of the molecule is CCCCCCCCCCCCCCCCC[N+](C)(S)CC. The average Bonchev–Trinajstić information content (AvgIpc) is 2.51. The topological polar surface area (TPSA) is 0 Å². The van der Waals surface area contributed by atoms with Gasteiger partial charge < -0.3 is 0 Å². The highest BCUT2D eigenvalue weighted by molar-refractivity contribution is 7.74. The Bertz CT molecular complexity index is 216. The quantitative estimate of drug-likeness (QED) is 0.163. The fourth-order valence-corrected chi connectivity index (χ4v) is 3.12. The van der Waals surface area contributed by atoms with Gasteiger partial charge in [0, 0.05) is 0 Å². The molecule has 0 heterocycles. The summed E-state index contributed by atoms with van der Waals surface area (Å²) in [6.07, 6.45) is 21.6. The van der Waals surface area contributed by atoms with Crippen molar-refractivity contribution < 1.29 is 3.89 Å². The Hall–Kier alpha value is 0.310. The van der Waals surface area contributed by atoms with E-state index in [1.165, 1.54) is 103 Å². The van der Waals surface area contributed by atoms with E-state index in [1.54, 1.807) is 0 Å². The number of rotatable bonds is 17. The Morgan fingerprint density at radius 3 is 1.18 bits per heavy atom. The molecule has 1 atom stereocenters. The zero-order valence-corrected chi connectivity index (χ0v) is 16.8. The first kappa shape index (κ1) is 22.3. The normalized spacial score (nSPS) is 14.2. The van der Waals surface area contributed by atoms with Gasteiger partial charge in [0.05, 0.1) is 33.0 Å². The molecule has 0 bridgehead atoms. The van der Waals surface area contributed by atoms with Gasteiger partial charge in [-0.05, 0) is 19.8 Å². The Morgan fingerprint density at radius 2 is 0.864 bits per heavy atom. The maximum Gasteiger partial charge on any atom is 0.0888 e. The smallest absolute Gasteiger partial charge is 0.0888 e. The molecule has 0 aromatic carbocycles. The third-order valence-electron chi connectivity index (χ3n) is 4.92. The van der Waals surface area contributed by atoms with E-state index in [0.717, 1.165) is 10.4 Å². The summed E-state index contributed by atoms with van der Waals surface area (Å²) in [6, 6.07) is 0. The molecule has 0 fully saturated rings. The van der Waals surface area contributed by atoms with Crippen LogP contribution in [-0.2, 0) is 0 Å². The molecule has 1 nitrogen and oxygen atoms in total. The second-order valence-corrected chi connectivity index (χ2v) is 8.29. The van der Waals surface area contributed by atoms with Crippen LogP contribution in [-0.4, -0.2) is 24.0 Å². The molecule has 0 aromatic rings. The zero-order valence-electron chi connectivity index (χ0n) is 15.9. The second-order valence-electron chi connectivity index (χ2n) is 7.33. The van der Waals surface area contributed by atoms with Crippen molar-refractivity contribution in [1.82, 2.24) is 0 Å². The van der Waals surface area contributed by atoms with Crippen molar-refractivity contribution in [3.8, 4) is 0 Å². The minimum Gasteiger partial charge on any atom is -0.267 e. The molecule has 0 spiro atoms. The maximum atomic E-state index is 4.65. The summed E-state index contributed by atoms with van der Waals surface area (Å²) in [5.41, 5.74) is 0. The van der Waals surface area contributed by atoms with Crippen LogP contribution in [0.1, 0.15) is 110 Å². The second kappa shape index (κ2) is 16.2. The molecule has 0 amide bonds. The van der Waals surface area contributed by atoms with Crippen LogP contribution in [0.5, 0.6) is 0 Å². The van der Waals surface area contributed by atoms with E-state index >= 15 is 0 Å². The lowest BCUT2D eigenvalue weighted by Crippen LogP contribution is -2.34. The molecular weight excluding hydrogens is 286 g/mol. The summed E-state index contributed by atoms with van der Waals surface area (Å²) in [7, 11) is 2.22. The molecule has 0 aromatic heterocycles. The molecular formula is C20H44NS+. The van der Waals surface area contributed by atoms with E-state index in [-0.39, 0.29) is 0 Å².